The van der Waals surface area contributed by atoms with Crippen LogP contribution in [-0.4, -0.2) is 49.2 Å². The smallest absolute Gasteiger partial charge is 0.223 e. The van der Waals surface area contributed by atoms with Gasteiger partial charge in [0.2, 0.25) is 5.91 Å². The van der Waals surface area contributed by atoms with Crippen LogP contribution in [0, 0.1) is 5.92 Å². The predicted molar refractivity (Wildman–Crippen MR) is 54.9 cm³/mol. The first kappa shape index (κ1) is 11.5. The molecule has 0 aromatic heterocycles. The SMILES string of the molecule is CN1CCC(C(=O)NCCCO)CC1. The minimum atomic E-state index is 0.147. The molecule has 1 aliphatic heterocycles. The van der Waals surface area contributed by atoms with Gasteiger partial charge in [-0.1, -0.05) is 0 Å². The third-order valence-corrected chi connectivity index (χ3v) is 2.72. The van der Waals surface area contributed by atoms with Crippen LogP contribution in [0.3, 0.4) is 0 Å². The van der Waals surface area contributed by atoms with Crippen molar-refractivity contribution < 1.29 is 9.90 Å². The molecule has 4 nitrogen and oxygen atoms in total. The van der Waals surface area contributed by atoms with Gasteiger partial charge in [-0.05, 0) is 39.4 Å². The monoisotopic (exact) mass is 200 g/mol. The number of piperidine rings is 1. The first-order valence-corrected chi connectivity index (χ1v) is 5.31. The Hall–Kier alpha value is -0.610. The lowest BCUT2D eigenvalue weighted by Gasteiger charge is -2.27. The van der Waals surface area contributed by atoms with E-state index >= 15 is 0 Å². The van der Waals surface area contributed by atoms with E-state index in [-0.39, 0.29) is 18.4 Å². The highest BCUT2D eigenvalue weighted by molar-refractivity contribution is 5.78. The maximum atomic E-state index is 11.6. The van der Waals surface area contributed by atoms with Gasteiger partial charge in [0, 0.05) is 19.1 Å². The maximum Gasteiger partial charge on any atom is 0.223 e. The zero-order valence-electron chi connectivity index (χ0n) is 8.83. The molecule has 0 unspecified atom stereocenters. The van der Waals surface area contributed by atoms with Crippen molar-refractivity contribution in [2.45, 2.75) is 19.3 Å². The lowest BCUT2D eigenvalue weighted by Crippen LogP contribution is -2.39. The van der Waals surface area contributed by atoms with E-state index < -0.39 is 0 Å². The minimum absolute atomic E-state index is 0.147. The summed E-state index contributed by atoms with van der Waals surface area (Å²) in [7, 11) is 2.08. The Balaban J connectivity index is 2.17. The zero-order valence-corrected chi connectivity index (χ0v) is 8.83. The summed E-state index contributed by atoms with van der Waals surface area (Å²) in [6, 6.07) is 0. The van der Waals surface area contributed by atoms with Crippen LogP contribution in [0.5, 0.6) is 0 Å². The van der Waals surface area contributed by atoms with Crippen LogP contribution in [0.1, 0.15) is 19.3 Å². The summed E-state index contributed by atoms with van der Waals surface area (Å²) in [6.45, 7) is 2.77. The molecule has 0 aromatic carbocycles. The number of aliphatic hydroxyl groups excluding tert-OH is 1. The number of hydrogen-bond acceptors (Lipinski definition) is 3. The van der Waals surface area contributed by atoms with Crippen LogP contribution in [0.2, 0.25) is 0 Å². The van der Waals surface area contributed by atoms with Crippen LogP contribution in [0.25, 0.3) is 0 Å². The van der Waals surface area contributed by atoms with Crippen molar-refractivity contribution in [2.24, 2.45) is 5.92 Å². The van der Waals surface area contributed by atoms with Gasteiger partial charge in [-0.25, -0.2) is 0 Å². The summed E-state index contributed by atoms with van der Waals surface area (Å²) < 4.78 is 0. The molecule has 1 saturated heterocycles. The van der Waals surface area contributed by atoms with Crippen LogP contribution in [0.15, 0.2) is 0 Å². The Kier molecular flexibility index (Phi) is 4.90. The van der Waals surface area contributed by atoms with Gasteiger partial charge < -0.3 is 15.3 Å². The average Bonchev–Trinajstić information content (AvgIpc) is 2.19. The predicted octanol–water partition coefficient (Wildman–Crippen LogP) is -0.173. The van der Waals surface area contributed by atoms with E-state index in [9.17, 15) is 4.79 Å². The van der Waals surface area contributed by atoms with E-state index in [1.54, 1.807) is 0 Å². The quantitative estimate of drug-likeness (QED) is 0.619. The van der Waals surface area contributed by atoms with Gasteiger partial charge in [0.05, 0.1) is 0 Å². The molecule has 0 spiro atoms. The summed E-state index contributed by atoms with van der Waals surface area (Å²) in [5, 5.41) is 11.4. The lowest BCUT2D eigenvalue weighted by atomic mass is 9.96. The Morgan fingerprint density at radius 2 is 2.14 bits per heavy atom. The fraction of sp³-hybridized carbons (Fsp3) is 0.900. The second-order valence-electron chi connectivity index (χ2n) is 3.95. The molecule has 0 atom stereocenters. The molecule has 2 N–H and O–H groups in total. The molecule has 0 radical (unpaired) electrons. The number of carbonyl (C=O) groups is 1. The van der Waals surface area contributed by atoms with Gasteiger partial charge in [-0.15, -0.1) is 0 Å². The van der Waals surface area contributed by atoms with Crippen molar-refractivity contribution >= 4 is 5.91 Å². The molecule has 4 heteroatoms. The molecule has 0 bridgehead atoms. The van der Waals surface area contributed by atoms with Crippen LogP contribution < -0.4 is 5.32 Å². The fourth-order valence-corrected chi connectivity index (χ4v) is 1.71. The standard InChI is InChI=1S/C10H20N2O2/c1-12-6-3-9(4-7-12)10(14)11-5-2-8-13/h9,13H,2-8H2,1H3,(H,11,14). The number of rotatable bonds is 4. The Morgan fingerprint density at radius 3 is 2.71 bits per heavy atom. The van der Waals surface area contributed by atoms with E-state index in [1.165, 1.54) is 0 Å². The number of likely N-dealkylation sites (tertiary alicyclic amines) is 1. The van der Waals surface area contributed by atoms with Gasteiger partial charge in [-0.3, -0.25) is 4.79 Å². The summed E-state index contributed by atoms with van der Waals surface area (Å²) in [5.74, 6) is 0.344. The van der Waals surface area contributed by atoms with Crippen molar-refractivity contribution in [3.63, 3.8) is 0 Å². The highest BCUT2D eigenvalue weighted by Crippen LogP contribution is 2.15. The van der Waals surface area contributed by atoms with E-state index in [0.29, 0.717) is 13.0 Å². The third kappa shape index (κ3) is 3.64. The van der Waals surface area contributed by atoms with Crippen LogP contribution in [-0.2, 0) is 4.79 Å². The molecule has 1 rings (SSSR count). The molecule has 0 aliphatic carbocycles. The van der Waals surface area contributed by atoms with E-state index in [1.807, 2.05) is 0 Å². The van der Waals surface area contributed by atoms with Crippen molar-refractivity contribution in [3.05, 3.63) is 0 Å². The molecular formula is C10H20N2O2. The minimum Gasteiger partial charge on any atom is -0.396 e. The lowest BCUT2D eigenvalue weighted by molar-refractivity contribution is -0.126. The summed E-state index contributed by atoms with van der Waals surface area (Å²) in [6.07, 6.45) is 2.57. The normalized spacial score (nSPS) is 19.6. The van der Waals surface area contributed by atoms with Crippen molar-refractivity contribution in [3.8, 4) is 0 Å². The van der Waals surface area contributed by atoms with E-state index in [2.05, 4.69) is 17.3 Å². The van der Waals surface area contributed by atoms with Crippen molar-refractivity contribution in [1.29, 1.82) is 0 Å². The van der Waals surface area contributed by atoms with Gasteiger partial charge >= 0.3 is 0 Å². The number of nitrogens with one attached hydrogen (secondary N) is 1. The Bertz CT molecular complexity index is 177. The second-order valence-corrected chi connectivity index (χ2v) is 3.95. The topological polar surface area (TPSA) is 52.6 Å². The summed E-state index contributed by atoms with van der Waals surface area (Å²) in [5.41, 5.74) is 0. The molecule has 1 fully saturated rings. The van der Waals surface area contributed by atoms with Crippen LogP contribution in [0.4, 0.5) is 0 Å². The highest BCUT2D eigenvalue weighted by atomic mass is 16.3. The molecule has 1 aliphatic rings. The molecule has 0 saturated carbocycles. The highest BCUT2D eigenvalue weighted by Gasteiger charge is 2.22. The molecular weight excluding hydrogens is 180 g/mol. The molecule has 1 heterocycles. The number of aliphatic hydroxyl groups is 1. The van der Waals surface area contributed by atoms with Gasteiger partial charge in [0.15, 0.2) is 0 Å². The zero-order chi connectivity index (χ0) is 10.4. The summed E-state index contributed by atoms with van der Waals surface area (Å²) >= 11 is 0. The molecule has 0 aromatic rings. The molecule has 82 valence electrons. The fourth-order valence-electron chi connectivity index (χ4n) is 1.71. The van der Waals surface area contributed by atoms with Gasteiger partial charge in [0.1, 0.15) is 0 Å². The molecule has 14 heavy (non-hydrogen) atoms. The van der Waals surface area contributed by atoms with E-state index in [0.717, 1.165) is 25.9 Å². The van der Waals surface area contributed by atoms with Crippen molar-refractivity contribution in [1.82, 2.24) is 10.2 Å². The maximum absolute atomic E-state index is 11.6. The van der Waals surface area contributed by atoms with Crippen LogP contribution >= 0.6 is 0 Å². The van der Waals surface area contributed by atoms with Gasteiger partial charge in [-0.2, -0.15) is 0 Å². The number of nitrogens with zero attached hydrogens (tertiary/aromatic N) is 1. The first-order chi connectivity index (χ1) is 6.74. The number of hydrogen-bond donors (Lipinski definition) is 2. The summed E-state index contributed by atoms with van der Waals surface area (Å²) in [4.78, 5) is 13.8. The second kappa shape index (κ2) is 5.98. The van der Waals surface area contributed by atoms with E-state index in [4.69, 9.17) is 5.11 Å². The molecule has 1 amide bonds. The third-order valence-electron chi connectivity index (χ3n) is 2.72. The Morgan fingerprint density at radius 1 is 1.50 bits per heavy atom. The Labute approximate surface area is 85.3 Å². The number of carbonyl (C=O) groups excluding carboxylic acids is 1. The number of amides is 1. The van der Waals surface area contributed by atoms with Crippen molar-refractivity contribution in [2.75, 3.05) is 33.3 Å². The largest absolute Gasteiger partial charge is 0.396 e. The average molecular weight is 200 g/mol. The van der Waals surface area contributed by atoms with Gasteiger partial charge in [0.25, 0.3) is 0 Å². The first-order valence-electron chi connectivity index (χ1n) is 5.31.